The minimum absolute atomic E-state index is 0.180. The summed E-state index contributed by atoms with van der Waals surface area (Å²) in [7, 11) is 0.267. The Morgan fingerprint density at radius 3 is 2.54 bits per heavy atom. The molecule has 1 aliphatic rings. The molecular formula is C20H36N4OSi. The third-order valence-corrected chi connectivity index (χ3v) is 10.3. The van der Waals surface area contributed by atoms with Crippen molar-refractivity contribution in [3.05, 3.63) is 30.1 Å². The van der Waals surface area contributed by atoms with Crippen LogP contribution in [-0.4, -0.2) is 42.2 Å². The molecule has 0 bridgehead atoms. The molecule has 2 heterocycles. The first-order valence-electron chi connectivity index (χ1n) is 9.59. The number of hydrogen-bond donors (Lipinski definition) is 1. The second kappa shape index (κ2) is 7.60. The van der Waals surface area contributed by atoms with Gasteiger partial charge in [-0.1, -0.05) is 27.7 Å². The molecule has 2 rings (SSSR count). The highest BCUT2D eigenvalue weighted by Crippen LogP contribution is 2.38. The number of aromatic nitrogens is 2. The van der Waals surface area contributed by atoms with Gasteiger partial charge in [0.1, 0.15) is 5.82 Å². The van der Waals surface area contributed by atoms with Gasteiger partial charge in [-0.3, -0.25) is 0 Å². The van der Waals surface area contributed by atoms with Crippen LogP contribution < -0.4 is 5.73 Å². The molecule has 1 unspecified atom stereocenters. The number of anilines is 1. The van der Waals surface area contributed by atoms with Crippen molar-refractivity contribution in [1.29, 1.82) is 0 Å². The molecule has 0 amide bonds. The SMILES string of the molecule is CC[C@H](Cc1cc(N)nn1C1=CC(C)N(C)C=C1)O[Si](C)(C)C(C)(C)C. The third-order valence-electron chi connectivity index (χ3n) is 5.74. The molecule has 0 aromatic carbocycles. The summed E-state index contributed by atoms with van der Waals surface area (Å²) < 4.78 is 8.64. The van der Waals surface area contributed by atoms with Crippen LogP contribution in [0.4, 0.5) is 5.82 Å². The molecule has 146 valence electrons. The van der Waals surface area contributed by atoms with Gasteiger partial charge in [-0.05, 0) is 43.6 Å². The Morgan fingerprint density at radius 2 is 2.00 bits per heavy atom. The Balaban J connectivity index is 2.24. The van der Waals surface area contributed by atoms with Gasteiger partial charge in [0.15, 0.2) is 8.32 Å². The molecule has 1 aromatic rings. The maximum atomic E-state index is 6.66. The van der Waals surface area contributed by atoms with Crippen LogP contribution in [0.2, 0.25) is 18.1 Å². The molecule has 2 atom stereocenters. The second-order valence-corrected chi connectivity index (χ2v) is 13.7. The van der Waals surface area contributed by atoms with Gasteiger partial charge in [0.2, 0.25) is 0 Å². The topological polar surface area (TPSA) is 56.3 Å². The Kier molecular flexibility index (Phi) is 6.08. The highest BCUT2D eigenvalue weighted by atomic mass is 28.4. The fourth-order valence-corrected chi connectivity index (χ4v) is 4.23. The quantitative estimate of drug-likeness (QED) is 0.743. The van der Waals surface area contributed by atoms with Crippen molar-refractivity contribution in [3.8, 4) is 0 Å². The van der Waals surface area contributed by atoms with E-state index in [1.54, 1.807) is 0 Å². The molecule has 1 aromatic heterocycles. The minimum atomic E-state index is -1.81. The largest absolute Gasteiger partial charge is 0.414 e. The van der Waals surface area contributed by atoms with Crippen LogP contribution in [0.5, 0.6) is 0 Å². The molecule has 5 nitrogen and oxygen atoms in total. The summed E-state index contributed by atoms with van der Waals surface area (Å²) in [5.41, 5.74) is 8.22. The van der Waals surface area contributed by atoms with Crippen molar-refractivity contribution in [2.45, 2.75) is 77.7 Å². The summed E-state index contributed by atoms with van der Waals surface area (Å²) in [6, 6.07) is 2.31. The molecule has 1 aliphatic heterocycles. The Hall–Kier alpha value is -1.53. The smallest absolute Gasteiger partial charge is 0.192 e. The minimum Gasteiger partial charge on any atom is -0.414 e. The van der Waals surface area contributed by atoms with Gasteiger partial charge in [0.05, 0.1) is 11.8 Å². The summed E-state index contributed by atoms with van der Waals surface area (Å²) in [6.07, 6.45) is 8.37. The zero-order valence-corrected chi connectivity index (χ0v) is 18.7. The maximum Gasteiger partial charge on any atom is 0.192 e. The van der Waals surface area contributed by atoms with E-state index in [2.05, 4.69) is 83.1 Å². The highest BCUT2D eigenvalue weighted by molar-refractivity contribution is 6.74. The average Bonchev–Trinajstić information content (AvgIpc) is 2.88. The fraction of sp³-hybridized carbons (Fsp3) is 0.650. The van der Waals surface area contributed by atoms with Gasteiger partial charge in [-0.25, -0.2) is 4.68 Å². The van der Waals surface area contributed by atoms with E-state index in [4.69, 9.17) is 10.2 Å². The first-order valence-corrected chi connectivity index (χ1v) is 12.5. The molecule has 0 aliphatic carbocycles. The van der Waals surface area contributed by atoms with Gasteiger partial charge >= 0.3 is 0 Å². The van der Waals surface area contributed by atoms with E-state index in [-0.39, 0.29) is 11.1 Å². The zero-order valence-electron chi connectivity index (χ0n) is 17.7. The highest BCUT2D eigenvalue weighted by Gasteiger charge is 2.39. The van der Waals surface area contributed by atoms with Crippen molar-refractivity contribution in [2.75, 3.05) is 12.8 Å². The summed E-state index contributed by atoms with van der Waals surface area (Å²) in [6.45, 7) is 15.8. The van der Waals surface area contributed by atoms with E-state index >= 15 is 0 Å². The van der Waals surface area contributed by atoms with E-state index in [0.717, 1.165) is 24.2 Å². The second-order valence-electron chi connectivity index (χ2n) is 8.90. The fourth-order valence-electron chi connectivity index (χ4n) is 2.80. The van der Waals surface area contributed by atoms with Crippen LogP contribution in [0.1, 0.15) is 46.7 Å². The average molecular weight is 377 g/mol. The Bertz CT molecular complexity index is 684. The summed E-state index contributed by atoms with van der Waals surface area (Å²) in [4.78, 5) is 2.17. The van der Waals surface area contributed by atoms with E-state index in [1.165, 1.54) is 0 Å². The van der Waals surface area contributed by atoms with Gasteiger partial charge in [0, 0.05) is 37.5 Å². The number of nitrogen functional groups attached to an aromatic ring is 1. The molecule has 0 saturated carbocycles. The maximum absolute atomic E-state index is 6.66. The molecule has 26 heavy (non-hydrogen) atoms. The first kappa shape index (κ1) is 20.8. The van der Waals surface area contributed by atoms with Crippen LogP contribution in [0.3, 0.4) is 0 Å². The van der Waals surface area contributed by atoms with Crippen LogP contribution in [-0.2, 0) is 10.8 Å². The van der Waals surface area contributed by atoms with Crippen molar-refractivity contribution < 1.29 is 4.43 Å². The van der Waals surface area contributed by atoms with Crippen LogP contribution in [0, 0.1) is 0 Å². The predicted octanol–water partition coefficient (Wildman–Crippen LogP) is 4.50. The number of likely N-dealkylation sites (N-methyl/N-ethyl adjacent to an activating group) is 1. The van der Waals surface area contributed by atoms with Crippen molar-refractivity contribution in [1.82, 2.24) is 14.7 Å². The zero-order chi connectivity index (χ0) is 19.7. The lowest BCUT2D eigenvalue weighted by atomic mass is 10.1. The van der Waals surface area contributed by atoms with Crippen LogP contribution in [0.15, 0.2) is 24.4 Å². The predicted molar refractivity (Wildman–Crippen MR) is 113 cm³/mol. The molecule has 6 heteroatoms. The third kappa shape index (κ3) is 4.60. The Morgan fingerprint density at radius 1 is 1.35 bits per heavy atom. The van der Waals surface area contributed by atoms with Crippen LogP contribution >= 0.6 is 0 Å². The van der Waals surface area contributed by atoms with Gasteiger partial charge in [-0.15, -0.1) is 0 Å². The van der Waals surface area contributed by atoms with Gasteiger partial charge < -0.3 is 15.1 Å². The monoisotopic (exact) mass is 376 g/mol. The molecule has 0 spiro atoms. The normalized spacial score (nSPS) is 19.6. The van der Waals surface area contributed by atoms with Crippen molar-refractivity contribution in [2.24, 2.45) is 0 Å². The van der Waals surface area contributed by atoms with Gasteiger partial charge in [-0.2, -0.15) is 5.10 Å². The van der Waals surface area contributed by atoms with E-state index in [1.807, 2.05) is 10.7 Å². The summed E-state index contributed by atoms with van der Waals surface area (Å²) in [5, 5.41) is 4.74. The van der Waals surface area contributed by atoms with Crippen molar-refractivity contribution >= 4 is 19.8 Å². The molecular weight excluding hydrogens is 340 g/mol. The van der Waals surface area contributed by atoms with E-state index in [9.17, 15) is 0 Å². The molecule has 0 saturated heterocycles. The van der Waals surface area contributed by atoms with Crippen LogP contribution in [0.25, 0.3) is 5.70 Å². The van der Waals surface area contributed by atoms with Gasteiger partial charge in [0.25, 0.3) is 0 Å². The lowest BCUT2D eigenvalue weighted by Gasteiger charge is -2.39. The lowest BCUT2D eigenvalue weighted by molar-refractivity contribution is 0.174. The number of nitrogens with two attached hydrogens (primary N) is 1. The molecule has 0 fully saturated rings. The first-order chi connectivity index (χ1) is 11.9. The molecule has 2 N–H and O–H groups in total. The number of allylic oxidation sites excluding steroid dienone is 2. The van der Waals surface area contributed by atoms with E-state index in [0.29, 0.717) is 11.9 Å². The summed E-state index contributed by atoms with van der Waals surface area (Å²) >= 11 is 0. The standard InChI is InChI=1S/C20H36N4OSi/c1-9-18(25-26(7,8)20(3,4)5)13-17-14-19(21)22-24(17)16-10-11-23(6)15(2)12-16/h10-12,14-15,18H,9,13H2,1-8H3,(H2,21,22)/t15?,18-/m1/s1. The number of hydrogen-bond acceptors (Lipinski definition) is 4. The Labute approximate surface area is 160 Å². The lowest BCUT2D eigenvalue weighted by Crippen LogP contribution is -2.44. The van der Waals surface area contributed by atoms with Crippen molar-refractivity contribution in [3.63, 3.8) is 0 Å². The number of rotatable bonds is 6. The summed E-state index contributed by atoms with van der Waals surface area (Å²) in [5.74, 6) is 0.558. The van der Waals surface area contributed by atoms with E-state index < -0.39 is 8.32 Å². The molecule has 0 radical (unpaired) electrons. The number of nitrogens with zero attached hydrogens (tertiary/aromatic N) is 3.